The standard InChI is InChI=1S/C25H35N9O3S/c1-16-21-22(27-17-3-5-19(6-4-17)32-8-10-33(11-9-32)25(35)36-2)29-24(30-23(21)38-31-16)28-18-13-26-34(14-18)20-7-12-37-15-20/h13-14,17,19-20H,3-12,15H2,1-2H3,(H2,27,28,29,30)/t17-,19-,20?. The molecule has 2 aliphatic heterocycles. The number of piperazine rings is 1. The predicted molar refractivity (Wildman–Crippen MR) is 145 cm³/mol. The molecule has 1 unspecified atom stereocenters. The lowest BCUT2D eigenvalue weighted by Crippen LogP contribution is -2.53. The molecule has 2 saturated heterocycles. The predicted octanol–water partition coefficient (Wildman–Crippen LogP) is 3.40. The molecule has 38 heavy (non-hydrogen) atoms. The fourth-order valence-corrected chi connectivity index (χ4v) is 6.57. The average Bonchev–Trinajstić information content (AvgIpc) is 3.71. The van der Waals surface area contributed by atoms with Crippen LogP contribution in [0.1, 0.15) is 43.8 Å². The Kier molecular flexibility index (Phi) is 7.30. The van der Waals surface area contributed by atoms with E-state index < -0.39 is 0 Å². The number of ether oxygens (including phenoxy) is 2. The van der Waals surface area contributed by atoms with Gasteiger partial charge in [0.1, 0.15) is 5.82 Å². The molecule has 13 heteroatoms. The maximum atomic E-state index is 11.8. The third kappa shape index (κ3) is 5.27. The van der Waals surface area contributed by atoms with Crippen LogP contribution >= 0.6 is 11.5 Å². The number of nitrogens with one attached hydrogen (secondary N) is 2. The number of hydrogen-bond acceptors (Lipinski definition) is 11. The molecule has 6 rings (SSSR count). The zero-order valence-corrected chi connectivity index (χ0v) is 22.7. The molecule has 1 atom stereocenters. The first-order valence-electron chi connectivity index (χ1n) is 13.4. The number of fused-ring (bicyclic) bond motifs is 1. The molecule has 204 valence electrons. The Balaban J connectivity index is 1.10. The van der Waals surface area contributed by atoms with Crippen molar-refractivity contribution >= 4 is 45.3 Å². The van der Waals surface area contributed by atoms with Crippen LogP contribution in [0.4, 0.5) is 22.2 Å². The average molecular weight is 542 g/mol. The number of carbonyl (C=O) groups is 1. The van der Waals surface area contributed by atoms with E-state index in [2.05, 4.69) is 25.0 Å². The molecular weight excluding hydrogens is 506 g/mol. The number of methoxy groups -OCH3 is 1. The lowest BCUT2D eigenvalue weighted by molar-refractivity contribution is 0.0642. The topological polar surface area (TPSA) is 123 Å². The van der Waals surface area contributed by atoms with Crippen LogP contribution in [0.5, 0.6) is 0 Å². The van der Waals surface area contributed by atoms with E-state index in [0.29, 0.717) is 24.6 Å². The molecule has 2 N–H and O–H groups in total. The van der Waals surface area contributed by atoms with Gasteiger partial charge in [-0.3, -0.25) is 9.58 Å². The Bertz CT molecular complexity index is 1260. The number of hydrogen-bond donors (Lipinski definition) is 2. The summed E-state index contributed by atoms with van der Waals surface area (Å²) in [4.78, 5) is 26.6. The molecule has 1 aliphatic carbocycles. The fourth-order valence-electron chi connectivity index (χ4n) is 5.79. The maximum absolute atomic E-state index is 11.8. The molecule has 12 nitrogen and oxygen atoms in total. The third-order valence-electron chi connectivity index (χ3n) is 7.95. The summed E-state index contributed by atoms with van der Waals surface area (Å²) in [7, 11) is 1.45. The van der Waals surface area contributed by atoms with Gasteiger partial charge in [-0.05, 0) is 50.6 Å². The van der Waals surface area contributed by atoms with E-state index >= 15 is 0 Å². The van der Waals surface area contributed by atoms with Crippen molar-refractivity contribution in [2.24, 2.45) is 0 Å². The van der Waals surface area contributed by atoms with E-state index in [0.717, 1.165) is 92.3 Å². The minimum absolute atomic E-state index is 0.224. The van der Waals surface area contributed by atoms with Crippen LogP contribution in [0.3, 0.4) is 0 Å². The summed E-state index contributed by atoms with van der Waals surface area (Å²) < 4.78 is 16.9. The van der Waals surface area contributed by atoms with E-state index in [-0.39, 0.29) is 12.1 Å². The van der Waals surface area contributed by atoms with Crippen LogP contribution in [0.15, 0.2) is 12.4 Å². The van der Waals surface area contributed by atoms with E-state index in [9.17, 15) is 4.79 Å². The van der Waals surface area contributed by atoms with Gasteiger partial charge in [0.2, 0.25) is 5.95 Å². The highest BCUT2D eigenvalue weighted by atomic mass is 32.1. The Morgan fingerprint density at radius 1 is 1.11 bits per heavy atom. The number of anilines is 3. The summed E-state index contributed by atoms with van der Waals surface area (Å²) >= 11 is 1.40. The molecule has 0 aromatic carbocycles. The fraction of sp³-hybridized carbons (Fsp3) is 0.640. The summed E-state index contributed by atoms with van der Waals surface area (Å²) in [6.45, 7) is 6.77. The third-order valence-corrected chi connectivity index (χ3v) is 8.78. The van der Waals surface area contributed by atoms with E-state index in [1.807, 2.05) is 24.0 Å². The van der Waals surface area contributed by atoms with Gasteiger partial charge >= 0.3 is 6.09 Å². The summed E-state index contributed by atoms with van der Waals surface area (Å²) in [5.74, 6) is 1.39. The lowest BCUT2D eigenvalue weighted by Gasteiger charge is -2.41. The number of aryl methyl sites for hydroxylation is 1. The van der Waals surface area contributed by atoms with Crippen molar-refractivity contribution in [2.45, 2.75) is 57.2 Å². The summed E-state index contributed by atoms with van der Waals surface area (Å²) in [6, 6.07) is 1.18. The van der Waals surface area contributed by atoms with Gasteiger partial charge in [-0.25, -0.2) is 4.79 Å². The van der Waals surface area contributed by atoms with Crippen LogP contribution < -0.4 is 10.6 Å². The van der Waals surface area contributed by atoms with Crippen LogP contribution in [0, 0.1) is 6.92 Å². The van der Waals surface area contributed by atoms with Crippen molar-refractivity contribution in [2.75, 3.05) is 57.1 Å². The summed E-state index contributed by atoms with van der Waals surface area (Å²) in [5.41, 5.74) is 1.81. The highest BCUT2D eigenvalue weighted by molar-refractivity contribution is 7.13. The first-order valence-corrected chi connectivity index (χ1v) is 14.2. The Hall–Kier alpha value is -3.03. The van der Waals surface area contributed by atoms with Crippen molar-refractivity contribution in [1.29, 1.82) is 0 Å². The molecule has 1 amide bonds. The minimum atomic E-state index is -0.224. The van der Waals surface area contributed by atoms with Crippen molar-refractivity contribution in [1.82, 2.24) is 33.9 Å². The Labute approximate surface area is 225 Å². The number of nitrogens with zero attached hydrogens (tertiary/aromatic N) is 7. The van der Waals surface area contributed by atoms with E-state index in [1.165, 1.54) is 18.6 Å². The van der Waals surface area contributed by atoms with Gasteiger partial charge in [0.05, 0.1) is 42.7 Å². The normalized spacial score (nSPS) is 24.6. The van der Waals surface area contributed by atoms with Gasteiger partial charge in [-0.15, -0.1) is 0 Å². The largest absolute Gasteiger partial charge is 0.453 e. The monoisotopic (exact) mass is 541 g/mol. The van der Waals surface area contributed by atoms with Crippen molar-refractivity contribution < 1.29 is 14.3 Å². The summed E-state index contributed by atoms with van der Waals surface area (Å²) in [6.07, 6.45) is 8.95. The Morgan fingerprint density at radius 3 is 2.66 bits per heavy atom. The number of aromatic nitrogens is 5. The van der Waals surface area contributed by atoms with Gasteiger partial charge in [-0.2, -0.15) is 19.4 Å². The van der Waals surface area contributed by atoms with Crippen molar-refractivity contribution in [3.05, 3.63) is 18.1 Å². The van der Waals surface area contributed by atoms with Crippen molar-refractivity contribution in [3.63, 3.8) is 0 Å². The second-order valence-electron chi connectivity index (χ2n) is 10.3. The van der Waals surface area contributed by atoms with Crippen LogP contribution in [-0.2, 0) is 9.47 Å². The number of carbonyl (C=O) groups excluding carboxylic acids is 1. The maximum Gasteiger partial charge on any atom is 0.409 e. The zero-order valence-electron chi connectivity index (χ0n) is 21.9. The van der Waals surface area contributed by atoms with Crippen LogP contribution in [-0.4, -0.2) is 98.6 Å². The number of amides is 1. The zero-order chi connectivity index (χ0) is 26.1. The highest BCUT2D eigenvalue weighted by Gasteiger charge is 2.30. The molecule has 1 saturated carbocycles. The number of rotatable bonds is 6. The molecule has 0 radical (unpaired) electrons. The smallest absolute Gasteiger partial charge is 0.409 e. The second kappa shape index (κ2) is 11.0. The Morgan fingerprint density at radius 2 is 1.92 bits per heavy atom. The molecule has 0 bridgehead atoms. The minimum Gasteiger partial charge on any atom is -0.453 e. The lowest BCUT2D eigenvalue weighted by atomic mass is 9.89. The van der Waals surface area contributed by atoms with Crippen LogP contribution in [0.2, 0.25) is 0 Å². The van der Waals surface area contributed by atoms with Crippen molar-refractivity contribution in [3.8, 4) is 0 Å². The molecule has 3 fully saturated rings. The molecule has 3 aromatic heterocycles. The molecular formula is C25H35N9O3S. The second-order valence-corrected chi connectivity index (χ2v) is 11.1. The first-order chi connectivity index (χ1) is 18.6. The van der Waals surface area contributed by atoms with Gasteiger partial charge in [0, 0.05) is 51.1 Å². The van der Waals surface area contributed by atoms with E-state index in [1.54, 1.807) is 4.90 Å². The van der Waals surface area contributed by atoms with E-state index in [4.69, 9.17) is 19.4 Å². The van der Waals surface area contributed by atoms with Gasteiger partial charge < -0.3 is 25.0 Å². The molecule has 0 spiro atoms. The summed E-state index contributed by atoms with van der Waals surface area (Å²) in [5, 5.41) is 12.6. The van der Waals surface area contributed by atoms with Gasteiger partial charge in [-0.1, -0.05) is 0 Å². The first kappa shape index (κ1) is 25.3. The van der Waals surface area contributed by atoms with Gasteiger partial charge in [0.25, 0.3) is 0 Å². The highest BCUT2D eigenvalue weighted by Crippen LogP contribution is 2.32. The SMILES string of the molecule is COC(=O)N1CCN([C@H]2CC[C@H](Nc3nc(Nc4cnn(C5CCOC5)c4)nc4snc(C)c34)CC2)CC1. The molecule has 3 aromatic rings. The molecule has 3 aliphatic rings. The van der Waals surface area contributed by atoms with Crippen LogP contribution in [0.25, 0.3) is 10.2 Å². The quantitative estimate of drug-likeness (QED) is 0.480. The molecule has 5 heterocycles. The van der Waals surface area contributed by atoms with Gasteiger partial charge in [0.15, 0.2) is 4.83 Å².